The Hall–Kier alpha value is -0.650. The molecule has 0 spiro atoms. The van der Waals surface area contributed by atoms with E-state index in [0.29, 0.717) is 6.10 Å². The highest BCUT2D eigenvalue weighted by Gasteiger charge is 2.20. The van der Waals surface area contributed by atoms with Crippen LogP contribution >= 0.6 is 11.3 Å². The minimum absolute atomic E-state index is 0.300. The van der Waals surface area contributed by atoms with Crippen molar-refractivity contribution >= 4 is 16.5 Å². The summed E-state index contributed by atoms with van der Waals surface area (Å²) in [6, 6.07) is 0. The SMILES string of the molecule is CCCc1nc(N2CCCOC(C)C2)sc1CNC. The summed E-state index contributed by atoms with van der Waals surface area (Å²) in [5.74, 6) is 0. The molecule has 0 amide bonds. The Bertz CT molecular complexity index is 371. The second kappa shape index (κ2) is 7.22. The lowest BCUT2D eigenvalue weighted by Crippen LogP contribution is -2.29. The van der Waals surface area contributed by atoms with Gasteiger partial charge < -0.3 is 15.0 Å². The number of hydrogen-bond acceptors (Lipinski definition) is 5. The van der Waals surface area contributed by atoms with E-state index in [2.05, 4.69) is 24.1 Å². The molecule has 0 aromatic carbocycles. The van der Waals surface area contributed by atoms with Crippen molar-refractivity contribution in [3.63, 3.8) is 0 Å². The molecule has 0 saturated carbocycles. The molecular formula is C14H25N3OS. The van der Waals surface area contributed by atoms with Gasteiger partial charge in [0.15, 0.2) is 5.13 Å². The number of aryl methyl sites for hydroxylation is 1. The van der Waals surface area contributed by atoms with Gasteiger partial charge in [0.1, 0.15) is 0 Å². The number of rotatable bonds is 5. The summed E-state index contributed by atoms with van der Waals surface area (Å²) < 4.78 is 5.71. The number of anilines is 1. The van der Waals surface area contributed by atoms with Crippen molar-refractivity contribution in [2.45, 2.75) is 45.8 Å². The fourth-order valence-corrected chi connectivity index (χ4v) is 3.56. The van der Waals surface area contributed by atoms with E-state index in [9.17, 15) is 0 Å². The molecular weight excluding hydrogens is 258 g/mol. The third-order valence-corrected chi connectivity index (χ3v) is 4.47. The largest absolute Gasteiger partial charge is 0.377 e. The van der Waals surface area contributed by atoms with Gasteiger partial charge in [0, 0.05) is 31.1 Å². The fraction of sp³-hybridized carbons (Fsp3) is 0.786. The summed E-state index contributed by atoms with van der Waals surface area (Å²) >= 11 is 1.84. The van der Waals surface area contributed by atoms with Gasteiger partial charge in [0.2, 0.25) is 0 Å². The number of aromatic nitrogens is 1. The molecule has 1 fully saturated rings. The van der Waals surface area contributed by atoms with E-state index >= 15 is 0 Å². The Morgan fingerprint density at radius 2 is 2.37 bits per heavy atom. The summed E-state index contributed by atoms with van der Waals surface area (Å²) in [4.78, 5) is 8.64. The molecule has 2 heterocycles. The maximum Gasteiger partial charge on any atom is 0.185 e. The predicted octanol–water partition coefficient (Wildman–Crippen LogP) is 2.43. The molecule has 2 rings (SSSR count). The van der Waals surface area contributed by atoms with E-state index in [4.69, 9.17) is 9.72 Å². The van der Waals surface area contributed by atoms with Gasteiger partial charge in [-0.3, -0.25) is 0 Å². The number of thiazole rings is 1. The number of hydrogen-bond donors (Lipinski definition) is 1. The zero-order chi connectivity index (χ0) is 13.7. The molecule has 0 aliphatic carbocycles. The minimum Gasteiger partial charge on any atom is -0.377 e. The monoisotopic (exact) mass is 283 g/mol. The maximum atomic E-state index is 5.71. The molecule has 4 nitrogen and oxygen atoms in total. The quantitative estimate of drug-likeness (QED) is 0.900. The van der Waals surface area contributed by atoms with Crippen molar-refractivity contribution in [1.29, 1.82) is 0 Å². The molecule has 1 unspecified atom stereocenters. The molecule has 5 heteroatoms. The number of nitrogens with one attached hydrogen (secondary N) is 1. The first-order chi connectivity index (χ1) is 9.24. The van der Waals surface area contributed by atoms with Crippen LogP contribution in [-0.2, 0) is 17.7 Å². The number of ether oxygens (including phenoxy) is 1. The first-order valence-electron chi connectivity index (χ1n) is 7.24. The lowest BCUT2D eigenvalue weighted by atomic mass is 10.2. The normalized spacial score (nSPS) is 20.6. The lowest BCUT2D eigenvalue weighted by molar-refractivity contribution is 0.0821. The van der Waals surface area contributed by atoms with Crippen molar-refractivity contribution in [1.82, 2.24) is 10.3 Å². The summed E-state index contributed by atoms with van der Waals surface area (Å²) in [5.41, 5.74) is 1.27. The van der Waals surface area contributed by atoms with Crippen LogP contribution in [0.25, 0.3) is 0 Å². The molecule has 1 aliphatic heterocycles. The van der Waals surface area contributed by atoms with Crippen molar-refractivity contribution in [3.05, 3.63) is 10.6 Å². The van der Waals surface area contributed by atoms with E-state index in [0.717, 1.165) is 45.5 Å². The van der Waals surface area contributed by atoms with E-state index < -0.39 is 0 Å². The van der Waals surface area contributed by atoms with Gasteiger partial charge in [-0.05, 0) is 26.8 Å². The summed E-state index contributed by atoms with van der Waals surface area (Å²) in [6.07, 6.45) is 3.62. The van der Waals surface area contributed by atoms with Crippen LogP contribution < -0.4 is 10.2 Å². The topological polar surface area (TPSA) is 37.4 Å². The summed E-state index contributed by atoms with van der Waals surface area (Å²) in [6.45, 7) is 8.17. The molecule has 1 atom stereocenters. The first kappa shape index (κ1) is 14.8. The standard InChI is InChI=1S/C14H25N3OS/c1-4-6-12-13(9-15-3)19-14(16-12)17-7-5-8-18-11(2)10-17/h11,15H,4-10H2,1-3H3. The van der Waals surface area contributed by atoms with Crippen LogP contribution in [0.2, 0.25) is 0 Å². The average Bonchev–Trinajstić information content (AvgIpc) is 2.64. The zero-order valence-corrected chi connectivity index (χ0v) is 13.1. The van der Waals surface area contributed by atoms with Crippen LogP contribution in [0, 0.1) is 0 Å². The first-order valence-corrected chi connectivity index (χ1v) is 8.06. The molecule has 1 saturated heterocycles. The van der Waals surface area contributed by atoms with Crippen LogP contribution in [0.15, 0.2) is 0 Å². The van der Waals surface area contributed by atoms with Gasteiger partial charge in [0.05, 0.1) is 11.8 Å². The summed E-state index contributed by atoms with van der Waals surface area (Å²) in [5, 5.41) is 4.42. The van der Waals surface area contributed by atoms with Crippen molar-refractivity contribution in [2.24, 2.45) is 0 Å². The van der Waals surface area contributed by atoms with E-state index in [1.807, 2.05) is 18.4 Å². The molecule has 0 bridgehead atoms. The van der Waals surface area contributed by atoms with Gasteiger partial charge in [0.25, 0.3) is 0 Å². The molecule has 1 aliphatic rings. The van der Waals surface area contributed by atoms with Crippen LogP contribution in [0.4, 0.5) is 5.13 Å². The molecule has 108 valence electrons. The Labute approximate surface area is 120 Å². The third kappa shape index (κ3) is 3.91. The minimum atomic E-state index is 0.300. The Morgan fingerprint density at radius 1 is 1.53 bits per heavy atom. The van der Waals surface area contributed by atoms with Crippen LogP contribution in [0.1, 0.15) is 37.3 Å². The zero-order valence-electron chi connectivity index (χ0n) is 12.2. The fourth-order valence-electron chi connectivity index (χ4n) is 2.40. The second-order valence-electron chi connectivity index (χ2n) is 5.13. The van der Waals surface area contributed by atoms with Crippen molar-refractivity contribution in [2.75, 3.05) is 31.6 Å². The van der Waals surface area contributed by atoms with Crippen LogP contribution in [-0.4, -0.2) is 37.8 Å². The van der Waals surface area contributed by atoms with Gasteiger partial charge in [-0.15, -0.1) is 11.3 Å². The van der Waals surface area contributed by atoms with E-state index in [1.54, 1.807) is 0 Å². The molecule has 1 aromatic heterocycles. The lowest BCUT2D eigenvalue weighted by Gasteiger charge is -2.20. The summed E-state index contributed by atoms with van der Waals surface area (Å²) in [7, 11) is 2.00. The van der Waals surface area contributed by atoms with Gasteiger partial charge >= 0.3 is 0 Å². The van der Waals surface area contributed by atoms with Gasteiger partial charge in [-0.2, -0.15) is 0 Å². The second-order valence-corrected chi connectivity index (χ2v) is 6.19. The van der Waals surface area contributed by atoms with Gasteiger partial charge in [-0.25, -0.2) is 4.98 Å². The highest BCUT2D eigenvalue weighted by molar-refractivity contribution is 7.15. The molecule has 19 heavy (non-hydrogen) atoms. The molecule has 1 N–H and O–H groups in total. The van der Waals surface area contributed by atoms with Crippen LogP contribution in [0.3, 0.4) is 0 Å². The maximum absolute atomic E-state index is 5.71. The highest BCUT2D eigenvalue weighted by atomic mass is 32.1. The third-order valence-electron chi connectivity index (χ3n) is 3.31. The average molecular weight is 283 g/mol. The predicted molar refractivity (Wildman–Crippen MR) is 81.1 cm³/mol. The molecule has 0 radical (unpaired) electrons. The molecule has 1 aromatic rings. The van der Waals surface area contributed by atoms with Crippen molar-refractivity contribution in [3.8, 4) is 0 Å². The van der Waals surface area contributed by atoms with E-state index in [-0.39, 0.29) is 0 Å². The Balaban J connectivity index is 2.15. The van der Waals surface area contributed by atoms with Gasteiger partial charge in [-0.1, -0.05) is 13.3 Å². The van der Waals surface area contributed by atoms with E-state index in [1.165, 1.54) is 15.7 Å². The van der Waals surface area contributed by atoms with Crippen LogP contribution in [0.5, 0.6) is 0 Å². The Kier molecular flexibility index (Phi) is 5.60. The number of nitrogens with zero attached hydrogens (tertiary/aromatic N) is 2. The van der Waals surface area contributed by atoms with Crippen molar-refractivity contribution < 1.29 is 4.74 Å². The smallest absolute Gasteiger partial charge is 0.185 e. The Morgan fingerprint density at radius 3 is 3.11 bits per heavy atom. The highest BCUT2D eigenvalue weighted by Crippen LogP contribution is 2.28.